The highest BCUT2D eigenvalue weighted by Crippen LogP contribution is 2.20. The fourth-order valence-electron chi connectivity index (χ4n) is 1.45. The summed E-state index contributed by atoms with van der Waals surface area (Å²) in [5.74, 6) is 1.51. The smallest absolute Gasteiger partial charge is 0.145 e. The number of aromatic nitrogens is 2. The van der Waals surface area contributed by atoms with Crippen LogP contribution in [-0.2, 0) is 6.54 Å². The van der Waals surface area contributed by atoms with Crippen molar-refractivity contribution in [2.24, 2.45) is 0 Å². The van der Waals surface area contributed by atoms with Crippen LogP contribution in [0.5, 0.6) is 11.5 Å². The number of pyridine rings is 2. The number of nitrogens with zero attached hydrogens (tertiary/aromatic N) is 2. The fourth-order valence-corrected chi connectivity index (χ4v) is 1.45. The first-order valence-electron chi connectivity index (χ1n) is 5.48. The Kier molecular flexibility index (Phi) is 3.67. The van der Waals surface area contributed by atoms with Gasteiger partial charge in [-0.3, -0.25) is 9.97 Å². The summed E-state index contributed by atoms with van der Waals surface area (Å²) in [6.07, 6.45) is 3.46. The third-order valence-corrected chi connectivity index (χ3v) is 2.27. The Morgan fingerprint density at radius 3 is 2.76 bits per heavy atom. The molecule has 1 N–H and O–H groups in total. The van der Waals surface area contributed by atoms with Crippen molar-refractivity contribution < 1.29 is 4.74 Å². The number of aryl methyl sites for hydroxylation is 1. The number of hydrogen-bond acceptors (Lipinski definition) is 4. The summed E-state index contributed by atoms with van der Waals surface area (Å²) < 4.78 is 5.69. The predicted molar refractivity (Wildman–Crippen MR) is 66.0 cm³/mol. The second-order valence-corrected chi connectivity index (χ2v) is 3.75. The second kappa shape index (κ2) is 5.41. The van der Waals surface area contributed by atoms with Gasteiger partial charge < -0.3 is 10.1 Å². The average molecular weight is 229 g/mol. The summed E-state index contributed by atoms with van der Waals surface area (Å²) >= 11 is 0. The summed E-state index contributed by atoms with van der Waals surface area (Å²) in [7, 11) is 1.89. The van der Waals surface area contributed by atoms with E-state index in [1.807, 2.05) is 38.2 Å². The molecule has 0 atom stereocenters. The maximum absolute atomic E-state index is 5.69. The first-order chi connectivity index (χ1) is 8.28. The largest absolute Gasteiger partial charge is 0.456 e. The summed E-state index contributed by atoms with van der Waals surface area (Å²) in [4.78, 5) is 8.41. The molecule has 0 saturated heterocycles. The summed E-state index contributed by atoms with van der Waals surface area (Å²) in [6, 6.07) is 7.57. The van der Waals surface area contributed by atoms with E-state index in [4.69, 9.17) is 4.74 Å². The average Bonchev–Trinajstić information content (AvgIpc) is 2.33. The zero-order valence-corrected chi connectivity index (χ0v) is 9.97. The monoisotopic (exact) mass is 229 g/mol. The summed E-state index contributed by atoms with van der Waals surface area (Å²) in [6.45, 7) is 2.67. The van der Waals surface area contributed by atoms with Crippen LogP contribution in [0.2, 0.25) is 0 Å². The number of ether oxygens (including phenoxy) is 1. The van der Waals surface area contributed by atoms with Crippen LogP contribution in [0.25, 0.3) is 0 Å². The number of hydrogen-bond donors (Lipinski definition) is 1. The lowest BCUT2D eigenvalue weighted by molar-refractivity contribution is 0.478. The zero-order chi connectivity index (χ0) is 12.1. The van der Waals surface area contributed by atoms with Gasteiger partial charge in [0, 0.05) is 24.5 Å². The highest BCUT2D eigenvalue weighted by molar-refractivity contribution is 5.30. The van der Waals surface area contributed by atoms with E-state index >= 15 is 0 Å². The van der Waals surface area contributed by atoms with Gasteiger partial charge in [0.15, 0.2) is 0 Å². The molecular formula is C13H15N3O. The van der Waals surface area contributed by atoms with Gasteiger partial charge in [0.05, 0.1) is 11.9 Å². The lowest BCUT2D eigenvalue weighted by Gasteiger charge is -2.06. The van der Waals surface area contributed by atoms with Crippen LogP contribution in [0.3, 0.4) is 0 Å². The van der Waals surface area contributed by atoms with E-state index in [0.29, 0.717) is 0 Å². The predicted octanol–water partition coefficient (Wildman–Crippen LogP) is 2.30. The Labute approximate surface area is 101 Å². The van der Waals surface area contributed by atoms with E-state index in [-0.39, 0.29) is 0 Å². The van der Waals surface area contributed by atoms with Crippen LogP contribution in [0, 0.1) is 6.92 Å². The number of nitrogens with one attached hydrogen (secondary N) is 1. The molecule has 0 radical (unpaired) electrons. The van der Waals surface area contributed by atoms with Crippen LogP contribution in [0.15, 0.2) is 36.7 Å². The quantitative estimate of drug-likeness (QED) is 0.873. The van der Waals surface area contributed by atoms with E-state index in [2.05, 4.69) is 15.3 Å². The van der Waals surface area contributed by atoms with Crippen molar-refractivity contribution in [3.8, 4) is 11.5 Å². The molecule has 2 aromatic heterocycles. The molecule has 0 aliphatic heterocycles. The molecule has 4 nitrogen and oxygen atoms in total. The Balaban J connectivity index is 2.12. The normalized spacial score (nSPS) is 10.2. The molecule has 0 amide bonds. The van der Waals surface area contributed by atoms with Gasteiger partial charge in [-0.25, -0.2) is 0 Å². The van der Waals surface area contributed by atoms with E-state index in [0.717, 1.165) is 29.4 Å². The molecule has 0 aromatic carbocycles. The van der Waals surface area contributed by atoms with Crippen LogP contribution in [0.1, 0.15) is 11.4 Å². The summed E-state index contributed by atoms with van der Waals surface area (Å²) in [5.41, 5.74) is 1.92. The minimum Gasteiger partial charge on any atom is -0.456 e. The molecule has 0 saturated carbocycles. The van der Waals surface area contributed by atoms with Gasteiger partial charge in [0.2, 0.25) is 0 Å². The second-order valence-electron chi connectivity index (χ2n) is 3.75. The molecule has 0 bridgehead atoms. The van der Waals surface area contributed by atoms with E-state index < -0.39 is 0 Å². The van der Waals surface area contributed by atoms with E-state index in [1.54, 1.807) is 12.4 Å². The minimum atomic E-state index is 0.726. The molecule has 88 valence electrons. The Hall–Kier alpha value is -1.94. The highest BCUT2D eigenvalue weighted by Gasteiger charge is 2.00. The first kappa shape index (κ1) is 11.5. The van der Waals surface area contributed by atoms with Gasteiger partial charge in [-0.15, -0.1) is 0 Å². The van der Waals surface area contributed by atoms with Crippen molar-refractivity contribution in [2.75, 3.05) is 7.05 Å². The lowest BCUT2D eigenvalue weighted by atomic mass is 10.3. The zero-order valence-electron chi connectivity index (χ0n) is 9.97. The molecule has 0 spiro atoms. The van der Waals surface area contributed by atoms with E-state index in [9.17, 15) is 0 Å². The topological polar surface area (TPSA) is 47.0 Å². The SMILES string of the molecule is CNCc1cc(Oc2ccc(C)nc2)ccn1. The van der Waals surface area contributed by atoms with Gasteiger partial charge >= 0.3 is 0 Å². The molecule has 2 rings (SSSR count). The van der Waals surface area contributed by atoms with Crippen molar-refractivity contribution in [3.63, 3.8) is 0 Å². The maximum atomic E-state index is 5.69. The van der Waals surface area contributed by atoms with Crippen LogP contribution in [0.4, 0.5) is 0 Å². The first-order valence-corrected chi connectivity index (χ1v) is 5.48. The Morgan fingerprint density at radius 1 is 1.18 bits per heavy atom. The minimum absolute atomic E-state index is 0.726. The van der Waals surface area contributed by atoms with Gasteiger partial charge in [-0.2, -0.15) is 0 Å². The maximum Gasteiger partial charge on any atom is 0.145 e. The van der Waals surface area contributed by atoms with Crippen LogP contribution >= 0.6 is 0 Å². The fraction of sp³-hybridized carbons (Fsp3) is 0.231. The van der Waals surface area contributed by atoms with Crippen molar-refractivity contribution in [2.45, 2.75) is 13.5 Å². The van der Waals surface area contributed by atoms with E-state index in [1.165, 1.54) is 0 Å². The molecule has 0 unspecified atom stereocenters. The molecule has 4 heteroatoms. The van der Waals surface area contributed by atoms with Crippen LogP contribution in [-0.4, -0.2) is 17.0 Å². The Morgan fingerprint density at radius 2 is 2.06 bits per heavy atom. The summed E-state index contributed by atoms with van der Waals surface area (Å²) in [5, 5.41) is 3.05. The van der Waals surface area contributed by atoms with Crippen molar-refractivity contribution in [1.29, 1.82) is 0 Å². The third-order valence-electron chi connectivity index (χ3n) is 2.27. The number of rotatable bonds is 4. The lowest BCUT2D eigenvalue weighted by Crippen LogP contribution is -2.06. The molecule has 0 aliphatic carbocycles. The van der Waals surface area contributed by atoms with Gasteiger partial charge in [-0.05, 0) is 32.2 Å². The standard InChI is InChI=1S/C13H15N3O/c1-10-3-4-13(9-16-10)17-12-5-6-15-11(7-12)8-14-2/h3-7,9,14H,8H2,1-2H3. The van der Waals surface area contributed by atoms with Crippen molar-refractivity contribution in [3.05, 3.63) is 48.0 Å². The van der Waals surface area contributed by atoms with Crippen molar-refractivity contribution >= 4 is 0 Å². The molecule has 0 aliphatic rings. The van der Waals surface area contributed by atoms with Gasteiger partial charge in [0.25, 0.3) is 0 Å². The Bertz CT molecular complexity index is 482. The third kappa shape index (κ3) is 3.26. The van der Waals surface area contributed by atoms with Crippen LogP contribution < -0.4 is 10.1 Å². The molecule has 2 heterocycles. The molecular weight excluding hydrogens is 214 g/mol. The molecule has 17 heavy (non-hydrogen) atoms. The molecule has 2 aromatic rings. The highest BCUT2D eigenvalue weighted by atomic mass is 16.5. The van der Waals surface area contributed by atoms with Gasteiger partial charge in [-0.1, -0.05) is 0 Å². The molecule has 0 fully saturated rings. The van der Waals surface area contributed by atoms with Crippen molar-refractivity contribution in [1.82, 2.24) is 15.3 Å². The van der Waals surface area contributed by atoms with Gasteiger partial charge in [0.1, 0.15) is 11.5 Å².